The van der Waals surface area contributed by atoms with Crippen LogP contribution in [0.1, 0.15) is 12.5 Å². The van der Waals surface area contributed by atoms with Crippen LogP contribution in [-0.4, -0.2) is 24.7 Å². The molecule has 0 aliphatic rings. The molecule has 1 N–H and O–H groups in total. The summed E-state index contributed by atoms with van der Waals surface area (Å²) >= 11 is 0. The van der Waals surface area contributed by atoms with Gasteiger partial charge in [-0.25, -0.2) is 0 Å². The van der Waals surface area contributed by atoms with Crippen LogP contribution in [0.4, 0.5) is 5.69 Å². The summed E-state index contributed by atoms with van der Waals surface area (Å²) in [5.41, 5.74) is 1.14. The Hall–Kier alpha value is -1.46. The second kappa shape index (κ2) is 6.19. The van der Waals surface area contributed by atoms with E-state index in [4.69, 9.17) is 4.74 Å². The number of hydrogen-bond donors (Lipinski definition) is 1. The van der Waals surface area contributed by atoms with Crippen LogP contribution >= 0.6 is 0 Å². The Labute approximate surface area is 94.6 Å². The minimum atomic E-state index is -0.398. The van der Waals surface area contributed by atoms with Crippen molar-refractivity contribution in [1.29, 1.82) is 0 Å². The van der Waals surface area contributed by atoms with Crippen LogP contribution in [0.15, 0.2) is 24.3 Å². The van der Waals surface area contributed by atoms with E-state index in [2.05, 4.69) is 5.32 Å². The first-order valence-corrected chi connectivity index (χ1v) is 5.09. The van der Waals surface area contributed by atoms with Crippen molar-refractivity contribution in [1.82, 2.24) is 5.32 Å². The third kappa shape index (κ3) is 3.96. The van der Waals surface area contributed by atoms with Crippen LogP contribution in [0.2, 0.25) is 0 Å². The maximum Gasteiger partial charge on any atom is 0.269 e. The molecule has 5 heteroatoms. The first kappa shape index (κ1) is 12.6. The first-order valence-electron chi connectivity index (χ1n) is 5.09. The van der Waals surface area contributed by atoms with Gasteiger partial charge in [0, 0.05) is 31.8 Å². The highest BCUT2D eigenvalue weighted by Crippen LogP contribution is 2.11. The molecule has 0 fully saturated rings. The van der Waals surface area contributed by atoms with Gasteiger partial charge in [0.25, 0.3) is 5.69 Å². The molecule has 5 nitrogen and oxygen atoms in total. The Balaban J connectivity index is 2.46. The van der Waals surface area contributed by atoms with Crippen molar-refractivity contribution in [2.75, 3.05) is 13.7 Å². The zero-order chi connectivity index (χ0) is 12.0. The third-order valence-corrected chi connectivity index (χ3v) is 2.22. The van der Waals surface area contributed by atoms with Crippen LogP contribution in [0.25, 0.3) is 0 Å². The fourth-order valence-corrected chi connectivity index (χ4v) is 1.34. The lowest BCUT2D eigenvalue weighted by molar-refractivity contribution is -0.384. The molecule has 0 spiro atoms. The molecule has 1 rings (SSSR count). The summed E-state index contributed by atoms with van der Waals surface area (Å²) in [6.07, 6.45) is 0. The molecule has 0 aromatic heterocycles. The number of hydrogen-bond acceptors (Lipinski definition) is 4. The van der Waals surface area contributed by atoms with E-state index >= 15 is 0 Å². The fourth-order valence-electron chi connectivity index (χ4n) is 1.34. The minimum absolute atomic E-state index is 0.119. The molecule has 0 aliphatic heterocycles. The van der Waals surface area contributed by atoms with Crippen LogP contribution in [0.3, 0.4) is 0 Å². The van der Waals surface area contributed by atoms with E-state index < -0.39 is 4.92 Å². The van der Waals surface area contributed by atoms with Gasteiger partial charge in [0.05, 0.1) is 11.5 Å². The normalized spacial score (nSPS) is 12.4. The van der Waals surface area contributed by atoms with Gasteiger partial charge in [0.15, 0.2) is 0 Å². The average molecular weight is 224 g/mol. The number of benzene rings is 1. The van der Waals surface area contributed by atoms with Gasteiger partial charge >= 0.3 is 0 Å². The Bertz CT molecular complexity index is 338. The summed E-state index contributed by atoms with van der Waals surface area (Å²) in [5, 5.41) is 13.7. The van der Waals surface area contributed by atoms with Crippen LogP contribution < -0.4 is 5.32 Å². The van der Waals surface area contributed by atoms with Gasteiger partial charge in [0.1, 0.15) is 0 Å². The highest BCUT2D eigenvalue weighted by molar-refractivity contribution is 5.32. The maximum atomic E-state index is 10.4. The van der Waals surface area contributed by atoms with Gasteiger partial charge in [-0.2, -0.15) is 0 Å². The van der Waals surface area contributed by atoms with Gasteiger partial charge in [-0.15, -0.1) is 0 Å². The molecule has 0 saturated heterocycles. The van der Waals surface area contributed by atoms with Crippen LogP contribution in [-0.2, 0) is 11.3 Å². The highest BCUT2D eigenvalue weighted by Gasteiger charge is 2.04. The minimum Gasteiger partial charge on any atom is -0.383 e. The summed E-state index contributed by atoms with van der Waals surface area (Å²) in [7, 11) is 1.66. The molecular formula is C11H16N2O3. The van der Waals surface area contributed by atoms with Crippen molar-refractivity contribution in [3.05, 3.63) is 39.9 Å². The summed E-state index contributed by atoms with van der Waals surface area (Å²) in [4.78, 5) is 10.0. The van der Waals surface area contributed by atoms with Crippen LogP contribution in [0, 0.1) is 10.1 Å². The number of rotatable bonds is 6. The van der Waals surface area contributed by atoms with Crippen molar-refractivity contribution < 1.29 is 9.66 Å². The molecule has 0 bridgehead atoms. The summed E-state index contributed by atoms with van der Waals surface area (Å²) in [6, 6.07) is 6.80. The van der Waals surface area contributed by atoms with Gasteiger partial charge in [0.2, 0.25) is 0 Å². The number of nitro groups is 1. The monoisotopic (exact) mass is 224 g/mol. The number of nitrogens with one attached hydrogen (secondary N) is 1. The topological polar surface area (TPSA) is 64.4 Å². The molecule has 0 saturated carbocycles. The van der Waals surface area contributed by atoms with Crippen molar-refractivity contribution in [2.24, 2.45) is 0 Å². The van der Waals surface area contributed by atoms with E-state index in [1.807, 2.05) is 6.92 Å². The molecule has 0 amide bonds. The summed E-state index contributed by atoms with van der Waals surface area (Å²) < 4.78 is 4.99. The van der Waals surface area contributed by atoms with E-state index in [9.17, 15) is 10.1 Å². The second-order valence-corrected chi connectivity index (χ2v) is 3.66. The van der Waals surface area contributed by atoms with Gasteiger partial charge in [-0.1, -0.05) is 12.1 Å². The largest absolute Gasteiger partial charge is 0.383 e. The van der Waals surface area contributed by atoms with E-state index in [1.54, 1.807) is 19.2 Å². The van der Waals surface area contributed by atoms with E-state index in [0.29, 0.717) is 13.2 Å². The van der Waals surface area contributed by atoms with Gasteiger partial charge in [-0.3, -0.25) is 10.1 Å². The molecule has 0 heterocycles. The standard InChI is InChI=1S/C11H16N2O3/c1-9(8-16-2)12-7-10-3-5-11(6-4-10)13(14)15/h3-6,9,12H,7-8H2,1-2H3. The maximum absolute atomic E-state index is 10.4. The fraction of sp³-hybridized carbons (Fsp3) is 0.455. The summed E-state index contributed by atoms with van der Waals surface area (Å²) in [5.74, 6) is 0. The number of nitro benzene ring substituents is 1. The van der Waals surface area contributed by atoms with Crippen molar-refractivity contribution in [3.8, 4) is 0 Å². The molecule has 1 aromatic rings. The number of non-ortho nitro benzene ring substituents is 1. The van der Waals surface area contributed by atoms with Crippen molar-refractivity contribution in [3.63, 3.8) is 0 Å². The zero-order valence-electron chi connectivity index (χ0n) is 9.47. The lowest BCUT2D eigenvalue weighted by Gasteiger charge is -2.12. The van der Waals surface area contributed by atoms with E-state index in [0.717, 1.165) is 5.56 Å². The average Bonchev–Trinajstić information content (AvgIpc) is 2.27. The van der Waals surface area contributed by atoms with E-state index in [-0.39, 0.29) is 11.7 Å². The molecule has 1 unspecified atom stereocenters. The second-order valence-electron chi connectivity index (χ2n) is 3.66. The lowest BCUT2D eigenvalue weighted by Crippen LogP contribution is -2.29. The molecule has 1 atom stereocenters. The van der Waals surface area contributed by atoms with Crippen LogP contribution in [0.5, 0.6) is 0 Å². The van der Waals surface area contributed by atoms with Crippen molar-refractivity contribution >= 4 is 5.69 Å². The molecule has 0 aliphatic carbocycles. The predicted molar refractivity (Wildman–Crippen MR) is 61.3 cm³/mol. The molecule has 1 aromatic carbocycles. The number of nitrogens with zero attached hydrogens (tertiary/aromatic N) is 1. The Morgan fingerprint density at radius 3 is 2.56 bits per heavy atom. The summed E-state index contributed by atoms with van der Waals surface area (Å²) in [6.45, 7) is 3.35. The first-order chi connectivity index (χ1) is 7.63. The smallest absolute Gasteiger partial charge is 0.269 e. The highest BCUT2D eigenvalue weighted by atomic mass is 16.6. The predicted octanol–water partition coefficient (Wildman–Crippen LogP) is 1.72. The van der Waals surface area contributed by atoms with Crippen molar-refractivity contribution in [2.45, 2.75) is 19.5 Å². The Morgan fingerprint density at radius 1 is 1.44 bits per heavy atom. The number of ether oxygens (including phenoxy) is 1. The van der Waals surface area contributed by atoms with E-state index in [1.165, 1.54) is 12.1 Å². The molecule has 0 radical (unpaired) electrons. The van der Waals surface area contributed by atoms with Gasteiger partial charge < -0.3 is 10.1 Å². The lowest BCUT2D eigenvalue weighted by atomic mass is 10.2. The molecule has 16 heavy (non-hydrogen) atoms. The SMILES string of the molecule is COCC(C)NCc1ccc([N+](=O)[O-])cc1. The molecule has 88 valence electrons. The quantitative estimate of drug-likeness (QED) is 0.590. The molecular weight excluding hydrogens is 208 g/mol. The Morgan fingerprint density at radius 2 is 2.06 bits per heavy atom. The third-order valence-electron chi connectivity index (χ3n) is 2.22. The zero-order valence-corrected chi connectivity index (χ0v) is 9.47. The Kier molecular flexibility index (Phi) is 4.88. The van der Waals surface area contributed by atoms with Gasteiger partial charge in [-0.05, 0) is 12.5 Å². The number of methoxy groups -OCH3 is 1.